The van der Waals surface area contributed by atoms with Gasteiger partial charge in [-0.2, -0.15) is 0 Å². The second kappa shape index (κ2) is 6.49. The highest BCUT2D eigenvalue weighted by Crippen LogP contribution is 2.51. The Morgan fingerprint density at radius 1 is 1.16 bits per heavy atom. The summed E-state index contributed by atoms with van der Waals surface area (Å²) >= 11 is 3.46. The Hall–Kier alpha value is -1.80. The molecule has 0 bridgehead atoms. The van der Waals surface area contributed by atoms with Crippen molar-refractivity contribution in [3.05, 3.63) is 40.0 Å². The minimum absolute atomic E-state index is 0.130. The fourth-order valence-corrected chi connectivity index (χ4v) is 5.25. The molecule has 2 aliphatic heterocycles. The lowest BCUT2D eigenvalue weighted by Crippen LogP contribution is -2.31. The van der Waals surface area contributed by atoms with Crippen LogP contribution in [0.3, 0.4) is 0 Å². The van der Waals surface area contributed by atoms with Crippen LogP contribution in [0, 0.1) is 5.92 Å². The molecule has 6 nitrogen and oxygen atoms in total. The van der Waals surface area contributed by atoms with Gasteiger partial charge in [0.25, 0.3) is 0 Å². The molecular formula is C17H20N4O2S2. The van der Waals surface area contributed by atoms with E-state index in [2.05, 4.69) is 45.2 Å². The Balaban J connectivity index is 1.71. The van der Waals surface area contributed by atoms with E-state index < -0.39 is 0 Å². The van der Waals surface area contributed by atoms with E-state index in [4.69, 9.17) is 9.47 Å². The fraction of sp³-hybridized carbons (Fsp3) is 0.412. The number of nitrogens with zero attached hydrogens (tertiary/aromatic N) is 4. The molecule has 1 aromatic carbocycles. The highest BCUT2D eigenvalue weighted by Gasteiger charge is 2.39. The van der Waals surface area contributed by atoms with Crippen molar-refractivity contribution in [2.45, 2.75) is 30.8 Å². The number of rotatable bonds is 5. The third kappa shape index (κ3) is 2.77. The van der Waals surface area contributed by atoms with Crippen LogP contribution in [-0.2, 0) is 6.42 Å². The van der Waals surface area contributed by atoms with Gasteiger partial charge in [-0.15, -0.1) is 10.2 Å². The second-order valence-electron chi connectivity index (χ2n) is 6.31. The average Bonchev–Trinajstić information content (AvgIpc) is 3.26. The van der Waals surface area contributed by atoms with Crippen LogP contribution >= 0.6 is 23.5 Å². The predicted molar refractivity (Wildman–Crippen MR) is 101 cm³/mol. The number of aromatic nitrogens is 3. The summed E-state index contributed by atoms with van der Waals surface area (Å²) in [5, 5.41) is 15.5. The molecule has 0 radical (unpaired) electrons. The van der Waals surface area contributed by atoms with Crippen LogP contribution in [-0.4, -0.2) is 29.1 Å². The second-order valence-corrected chi connectivity index (χ2v) is 8.26. The molecule has 0 spiro atoms. The van der Waals surface area contributed by atoms with Crippen molar-refractivity contribution in [3.63, 3.8) is 0 Å². The predicted octanol–water partition coefficient (Wildman–Crippen LogP) is 3.78. The third-order valence-corrected chi connectivity index (χ3v) is 6.31. The first-order valence-electron chi connectivity index (χ1n) is 8.11. The van der Waals surface area contributed by atoms with E-state index in [9.17, 15) is 0 Å². The molecule has 4 rings (SSSR count). The van der Waals surface area contributed by atoms with Gasteiger partial charge in [0, 0.05) is 11.8 Å². The lowest BCUT2D eigenvalue weighted by molar-refractivity contribution is 0.354. The smallest absolute Gasteiger partial charge is 0.216 e. The topological polar surface area (TPSA) is 52.4 Å². The maximum Gasteiger partial charge on any atom is 0.216 e. The van der Waals surface area contributed by atoms with Crippen molar-refractivity contribution in [2.75, 3.05) is 19.2 Å². The number of hydrogen-bond acceptors (Lipinski definition) is 7. The standard InChI is InChI=1S/C17H20N4O2S2/c1-10(2)7-14-18-19-17-20(14)21-15(25-17)9-24-16(21)11-5-6-12(22-3)13(8-11)23-4/h5-6,8-10,16H,7H2,1-4H3. The first-order valence-corrected chi connectivity index (χ1v) is 9.87. The van der Waals surface area contributed by atoms with E-state index in [1.54, 1.807) is 37.7 Å². The van der Waals surface area contributed by atoms with Crippen molar-refractivity contribution in [2.24, 2.45) is 5.92 Å². The van der Waals surface area contributed by atoms with Crippen LogP contribution in [0.15, 0.2) is 33.8 Å². The zero-order valence-electron chi connectivity index (χ0n) is 14.6. The number of hydrogen-bond donors (Lipinski definition) is 0. The maximum absolute atomic E-state index is 5.47. The van der Waals surface area contributed by atoms with Gasteiger partial charge < -0.3 is 9.47 Å². The largest absolute Gasteiger partial charge is 0.493 e. The summed E-state index contributed by atoms with van der Waals surface area (Å²) in [6.45, 7) is 4.40. The molecule has 0 saturated heterocycles. The Labute approximate surface area is 155 Å². The zero-order valence-corrected chi connectivity index (χ0v) is 16.2. The molecular weight excluding hydrogens is 356 g/mol. The average molecular weight is 377 g/mol. The van der Waals surface area contributed by atoms with Crippen molar-refractivity contribution in [1.82, 2.24) is 14.9 Å². The fourth-order valence-electron chi connectivity index (χ4n) is 3.01. The minimum atomic E-state index is 0.130. The normalized spacial score (nSPS) is 18.4. The molecule has 0 saturated carbocycles. The molecule has 1 unspecified atom stereocenters. The summed E-state index contributed by atoms with van der Waals surface area (Å²) in [6.07, 6.45) is 0.903. The van der Waals surface area contributed by atoms with Crippen molar-refractivity contribution >= 4 is 23.5 Å². The Bertz CT molecular complexity index is 834. The summed E-state index contributed by atoms with van der Waals surface area (Å²) in [6, 6.07) is 6.09. The van der Waals surface area contributed by atoms with Crippen molar-refractivity contribution < 1.29 is 9.47 Å². The molecule has 8 heteroatoms. The van der Waals surface area contributed by atoms with Crippen LogP contribution in [0.5, 0.6) is 11.5 Å². The quantitative estimate of drug-likeness (QED) is 0.787. The summed E-state index contributed by atoms with van der Waals surface area (Å²) < 4.78 is 13.0. The summed E-state index contributed by atoms with van der Waals surface area (Å²) in [5.41, 5.74) is 1.16. The zero-order chi connectivity index (χ0) is 17.6. The van der Waals surface area contributed by atoms with E-state index in [-0.39, 0.29) is 5.37 Å². The number of ether oxygens (including phenoxy) is 2. The van der Waals surface area contributed by atoms with Gasteiger partial charge >= 0.3 is 0 Å². The van der Waals surface area contributed by atoms with Crippen LogP contribution in [0.25, 0.3) is 0 Å². The van der Waals surface area contributed by atoms with Gasteiger partial charge in [-0.3, -0.25) is 5.01 Å². The maximum atomic E-state index is 5.47. The molecule has 0 aliphatic carbocycles. The first kappa shape index (κ1) is 16.7. The minimum Gasteiger partial charge on any atom is -0.493 e. The van der Waals surface area contributed by atoms with Crippen LogP contribution < -0.4 is 14.5 Å². The van der Waals surface area contributed by atoms with Gasteiger partial charge in [0.1, 0.15) is 10.4 Å². The van der Waals surface area contributed by atoms with Crippen LogP contribution in [0.1, 0.15) is 30.6 Å². The Morgan fingerprint density at radius 2 is 1.96 bits per heavy atom. The van der Waals surface area contributed by atoms with Gasteiger partial charge in [0.15, 0.2) is 17.3 Å². The SMILES string of the molecule is COc1ccc(C2SC=C3Sc4nnc(CC(C)C)n4N32)cc1OC. The molecule has 0 amide bonds. The monoisotopic (exact) mass is 376 g/mol. The van der Waals surface area contributed by atoms with E-state index in [1.165, 1.54) is 5.03 Å². The van der Waals surface area contributed by atoms with Gasteiger partial charge in [-0.25, -0.2) is 4.68 Å². The molecule has 132 valence electrons. The highest BCUT2D eigenvalue weighted by molar-refractivity contribution is 8.07. The molecule has 1 atom stereocenters. The van der Waals surface area contributed by atoms with Gasteiger partial charge in [-0.1, -0.05) is 31.7 Å². The first-order chi connectivity index (χ1) is 12.1. The van der Waals surface area contributed by atoms with E-state index in [0.717, 1.165) is 34.5 Å². The molecule has 1 aromatic heterocycles. The van der Waals surface area contributed by atoms with E-state index in [1.807, 2.05) is 12.1 Å². The number of thioether (sulfide) groups is 2. The molecule has 0 fully saturated rings. The summed E-state index contributed by atoms with van der Waals surface area (Å²) in [5.74, 6) is 3.02. The lowest BCUT2D eigenvalue weighted by atomic mass is 10.1. The van der Waals surface area contributed by atoms with E-state index in [0.29, 0.717) is 5.92 Å². The molecule has 2 aliphatic rings. The molecule has 0 N–H and O–H groups in total. The lowest BCUT2D eigenvalue weighted by Gasteiger charge is -2.26. The molecule has 2 aromatic rings. The molecule has 25 heavy (non-hydrogen) atoms. The van der Waals surface area contributed by atoms with Gasteiger partial charge in [0.05, 0.1) is 14.2 Å². The van der Waals surface area contributed by atoms with Gasteiger partial charge in [0.2, 0.25) is 5.16 Å². The van der Waals surface area contributed by atoms with Crippen molar-refractivity contribution in [1.29, 1.82) is 0 Å². The number of fused-ring (bicyclic) bond motifs is 3. The third-order valence-electron chi connectivity index (χ3n) is 4.12. The van der Waals surface area contributed by atoms with E-state index >= 15 is 0 Å². The van der Waals surface area contributed by atoms with Crippen molar-refractivity contribution in [3.8, 4) is 11.5 Å². The Kier molecular flexibility index (Phi) is 4.33. The van der Waals surface area contributed by atoms with Crippen LogP contribution in [0.2, 0.25) is 0 Å². The summed E-state index contributed by atoms with van der Waals surface area (Å²) in [7, 11) is 3.32. The van der Waals surface area contributed by atoms with Crippen LogP contribution in [0.4, 0.5) is 0 Å². The summed E-state index contributed by atoms with van der Waals surface area (Å²) in [4.78, 5) is 0. The highest BCUT2D eigenvalue weighted by atomic mass is 32.2. The number of benzene rings is 1. The number of methoxy groups -OCH3 is 2. The Morgan fingerprint density at radius 3 is 2.68 bits per heavy atom. The van der Waals surface area contributed by atoms with Gasteiger partial charge in [-0.05, 0) is 35.4 Å². The molecule has 3 heterocycles.